The number of nitrogens with zero attached hydrogens (tertiary/aromatic N) is 7. The van der Waals surface area contributed by atoms with Crippen LogP contribution < -0.4 is 19.6 Å². The zero-order chi connectivity index (χ0) is 21.0. The molecule has 0 aliphatic carbocycles. The third-order valence-electron chi connectivity index (χ3n) is 5.95. The molecule has 0 radical (unpaired) electrons. The molecule has 7 nitrogen and oxygen atoms in total. The van der Waals surface area contributed by atoms with E-state index in [4.69, 9.17) is 16.6 Å². The highest BCUT2D eigenvalue weighted by atomic mass is 35.5. The number of benzene rings is 2. The van der Waals surface area contributed by atoms with Crippen LogP contribution in [0.1, 0.15) is 0 Å². The Morgan fingerprint density at radius 1 is 0.484 bits per heavy atom. The molecule has 2 saturated heterocycles. The van der Waals surface area contributed by atoms with Crippen molar-refractivity contribution in [3.8, 4) is 0 Å². The maximum absolute atomic E-state index is 6.30. The van der Waals surface area contributed by atoms with Crippen molar-refractivity contribution in [2.45, 2.75) is 0 Å². The number of hydrogen-bond donors (Lipinski definition) is 0. The molecule has 0 spiro atoms. The van der Waals surface area contributed by atoms with Gasteiger partial charge in [-0.3, -0.25) is 0 Å². The lowest BCUT2D eigenvalue weighted by molar-refractivity contribution is 0.623. The highest BCUT2D eigenvalue weighted by molar-refractivity contribution is 6.28. The van der Waals surface area contributed by atoms with E-state index < -0.39 is 0 Å². The summed E-state index contributed by atoms with van der Waals surface area (Å²) in [7, 11) is 0. The molecule has 3 aromatic rings. The molecule has 8 heteroatoms. The first kappa shape index (κ1) is 19.9. The minimum absolute atomic E-state index is 0.260. The summed E-state index contributed by atoms with van der Waals surface area (Å²) in [6, 6.07) is 21.0. The summed E-state index contributed by atoms with van der Waals surface area (Å²) in [5, 5.41) is 0.260. The third-order valence-corrected chi connectivity index (χ3v) is 6.12. The highest BCUT2D eigenvalue weighted by Gasteiger charge is 2.24. The first-order chi connectivity index (χ1) is 15.3. The molecule has 3 heterocycles. The van der Waals surface area contributed by atoms with E-state index in [0.717, 1.165) is 52.4 Å². The fourth-order valence-corrected chi connectivity index (χ4v) is 4.37. The molecule has 160 valence electrons. The number of hydrogen-bond acceptors (Lipinski definition) is 7. The SMILES string of the molecule is Clc1nc(N2CCN(c3ccccc3)CC2)nc(N2CCN(c3ccccc3)CC2)n1. The number of halogens is 1. The number of piperazine rings is 2. The Kier molecular flexibility index (Phi) is 5.76. The third kappa shape index (κ3) is 4.51. The van der Waals surface area contributed by atoms with Crippen molar-refractivity contribution in [1.82, 2.24) is 15.0 Å². The van der Waals surface area contributed by atoms with Crippen LogP contribution in [-0.4, -0.2) is 67.3 Å². The Labute approximate surface area is 187 Å². The maximum Gasteiger partial charge on any atom is 0.231 e. The minimum Gasteiger partial charge on any atom is -0.368 e. The van der Waals surface area contributed by atoms with Gasteiger partial charge in [0.15, 0.2) is 0 Å². The fraction of sp³-hybridized carbons (Fsp3) is 0.348. The Balaban J connectivity index is 1.24. The number of rotatable bonds is 4. The van der Waals surface area contributed by atoms with E-state index in [9.17, 15) is 0 Å². The second kappa shape index (κ2) is 8.98. The van der Waals surface area contributed by atoms with Crippen molar-refractivity contribution in [3.63, 3.8) is 0 Å². The van der Waals surface area contributed by atoms with Crippen LogP contribution in [0.3, 0.4) is 0 Å². The average molecular weight is 436 g/mol. The fourth-order valence-electron chi connectivity index (χ4n) is 4.22. The second-order valence-electron chi connectivity index (χ2n) is 7.82. The molecule has 5 rings (SSSR count). The van der Waals surface area contributed by atoms with Crippen molar-refractivity contribution >= 4 is 34.9 Å². The molecule has 1 aromatic heterocycles. The zero-order valence-electron chi connectivity index (χ0n) is 17.4. The van der Waals surface area contributed by atoms with Crippen molar-refractivity contribution in [2.75, 3.05) is 72.0 Å². The smallest absolute Gasteiger partial charge is 0.231 e. The first-order valence-electron chi connectivity index (χ1n) is 10.8. The van der Waals surface area contributed by atoms with E-state index in [2.05, 4.69) is 78.1 Å². The van der Waals surface area contributed by atoms with Crippen molar-refractivity contribution in [3.05, 3.63) is 65.9 Å². The molecule has 0 bridgehead atoms. The summed E-state index contributed by atoms with van der Waals surface area (Å²) < 4.78 is 0. The van der Waals surface area contributed by atoms with Gasteiger partial charge in [-0.1, -0.05) is 36.4 Å². The molecule has 0 unspecified atom stereocenters. The van der Waals surface area contributed by atoms with Gasteiger partial charge >= 0.3 is 0 Å². The van der Waals surface area contributed by atoms with Crippen molar-refractivity contribution in [1.29, 1.82) is 0 Å². The molecule has 0 saturated carbocycles. The largest absolute Gasteiger partial charge is 0.368 e. The average Bonchev–Trinajstić information content (AvgIpc) is 2.85. The Bertz CT molecular complexity index is 908. The Morgan fingerprint density at radius 3 is 1.23 bits per heavy atom. The number of para-hydroxylation sites is 2. The summed E-state index contributed by atoms with van der Waals surface area (Å²) in [4.78, 5) is 22.8. The lowest BCUT2D eigenvalue weighted by Crippen LogP contribution is -2.48. The topological polar surface area (TPSA) is 51.6 Å². The quantitative estimate of drug-likeness (QED) is 0.623. The van der Waals surface area contributed by atoms with E-state index in [1.165, 1.54) is 11.4 Å². The minimum atomic E-state index is 0.260. The molecule has 2 fully saturated rings. The van der Waals surface area contributed by atoms with Crippen LogP contribution in [0.4, 0.5) is 23.3 Å². The first-order valence-corrected chi connectivity index (χ1v) is 11.2. The van der Waals surface area contributed by atoms with Crippen molar-refractivity contribution in [2.24, 2.45) is 0 Å². The molecule has 2 aliphatic rings. The molecule has 2 aliphatic heterocycles. The van der Waals surface area contributed by atoms with Gasteiger partial charge in [0.05, 0.1) is 0 Å². The highest BCUT2D eigenvalue weighted by Crippen LogP contribution is 2.23. The molecule has 0 N–H and O–H groups in total. The summed E-state index contributed by atoms with van der Waals surface area (Å²) >= 11 is 6.30. The van der Waals surface area contributed by atoms with Crippen LogP contribution in [0.25, 0.3) is 0 Å². The van der Waals surface area contributed by atoms with Gasteiger partial charge in [-0.25, -0.2) is 0 Å². The monoisotopic (exact) mass is 435 g/mol. The lowest BCUT2D eigenvalue weighted by atomic mass is 10.2. The van der Waals surface area contributed by atoms with Gasteiger partial charge < -0.3 is 19.6 Å². The second-order valence-corrected chi connectivity index (χ2v) is 8.16. The predicted molar refractivity (Wildman–Crippen MR) is 127 cm³/mol. The Hall–Kier alpha value is -3.06. The molecule has 0 atom stereocenters. The van der Waals surface area contributed by atoms with Gasteiger partial charge in [0.1, 0.15) is 0 Å². The van der Waals surface area contributed by atoms with Gasteiger partial charge in [-0.15, -0.1) is 0 Å². The standard InChI is InChI=1S/C23H26ClN7/c24-21-25-22(30-15-11-28(12-16-30)19-7-3-1-4-8-19)27-23(26-21)31-17-13-29(14-18-31)20-9-5-2-6-10-20/h1-10H,11-18H2. The molecular formula is C23H26ClN7. The van der Waals surface area contributed by atoms with Crippen LogP contribution in [0.2, 0.25) is 5.28 Å². The van der Waals surface area contributed by atoms with Gasteiger partial charge in [0.2, 0.25) is 17.2 Å². The van der Waals surface area contributed by atoms with Gasteiger partial charge in [-0.05, 0) is 35.9 Å². The normalized spacial score (nSPS) is 17.2. The molecule has 31 heavy (non-hydrogen) atoms. The van der Waals surface area contributed by atoms with E-state index in [0.29, 0.717) is 11.9 Å². The predicted octanol–water partition coefficient (Wildman–Crippen LogP) is 3.18. The molecule has 2 aromatic carbocycles. The van der Waals surface area contributed by atoms with Crippen LogP contribution in [0.15, 0.2) is 60.7 Å². The van der Waals surface area contributed by atoms with Crippen molar-refractivity contribution < 1.29 is 0 Å². The maximum atomic E-state index is 6.30. The van der Waals surface area contributed by atoms with E-state index in [1.807, 2.05) is 12.1 Å². The van der Waals surface area contributed by atoms with Gasteiger partial charge in [0, 0.05) is 63.7 Å². The molecule has 0 amide bonds. The van der Waals surface area contributed by atoms with Crippen LogP contribution in [-0.2, 0) is 0 Å². The molecular weight excluding hydrogens is 410 g/mol. The summed E-state index contributed by atoms with van der Waals surface area (Å²) in [6.07, 6.45) is 0. The van der Waals surface area contributed by atoms with E-state index >= 15 is 0 Å². The summed E-state index contributed by atoms with van der Waals surface area (Å²) in [5.41, 5.74) is 2.51. The summed E-state index contributed by atoms with van der Waals surface area (Å²) in [6.45, 7) is 7.15. The van der Waals surface area contributed by atoms with Crippen LogP contribution in [0, 0.1) is 0 Å². The zero-order valence-corrected chi connectivity index (χ0v) is 18.2. The van der Waals surface area contributed by atoms with Gasteiger partial charge in [-0.2, -0.15) is 15.0 Å². The van der Waals surface area contributed by atoms with E-state index in [1.54, 1.807) is 0 Å². The summed E-state index contributed by atoms with van der Waals surface area (Å²) in [5.74, 6) is 1.35. The van der Waals surface area contributed by atoms with E-state index in [-0.39, 0.29) is 5.28 Å². The van der Waals surface area contributed by atoms with Crippen LogP contribution in [0.5, 0.6) is 0 Å². The number of aromatic nitrogens is 3. The van der Waals surface area contributed by atoms with Gasteiger partial charge in [0.25, 0.3) is 0 Å². The number of anilines is 4. The Morgan fingerprint density at radius 2 is 0.839 bits per heavy atom. The van der Waals surface area contributed by atoms with Crippen LogP contribution >= 0.6 is 11.6 Å². The lowest BCUT2D eigenvalue weighted by Gasteiger charge is -2.37.